The number of Topliss-reactive ketones (excluding diaryl/α,β-unsaturated/α-hetero) is 2. The molecule has 2 aliphatic heterocycles. The smallest absolute Gasteiger partial charge is 0.227 e. The van der Waals surface area contributed by atoms with Crippen molar-refractivity contribution >= 4 is 52.4 Å². The number of ketones is 3. The van der Waals surface area contributed by atoms with Gasteiger partial charge in [0, 0.05) is 71.7 Å². The summed E-state index contributed by atoms with van der Waals surface area (Å²) in [4.78, 5) is 94.7. The van der Waals surface area contributed by atoms with Crippen LogP contribution in [0.15, 0.2) is 96.6 Å². The Morgan fingerprint density at radius 2 is 1.48 bits per heavy atom. The molecule has 19 heteroatoms. The van der Waals surface area contributed by atoms with E-state index < -0.39 is 46.9 Å². The SMILES string of the molecule is CCC[C@@H]1O[C@@H]2C[C@H]3[C@@H]4CCC5=CC(=O)C=C[C@]5(C)[C@H]4[C@@H](O)C[C@]3(C)[C@]2(C(=O)COc2ccc(NC(=O)[C@H](C)CC(=O)[C@@H](NC(=O)CCOCCOCCOCCOCCNC(=O)CCC(=O)N3Cc4ccccc4C#Cc4ccccc43)C(C)C)cc2)O1. The van der Waals surface area contributed by atoms with Gasteiger partial charge in [0.25, 0.3) is 0 Å². The molecule has 6 aliphatic rings. The van der Waals surface area contributed by atoms with Crippen LogP contribution in [0.4, 0.5) is 11.4 Å². The summed E-state index contributed by atoms with van der Waals surface area (Å²) in [5, 5.41) is 20.6. The fourth-order valence-corrected chi connectivity index (χ4v) is 14.4. The van der Waals surface area contributed by atoms with Crippen LogP contribution >= 0.6 is 0 Å². The Hall–Kier alpha value is -6.89. The van der Waals surface area contributed by atoms with Gasteiger partial charge in [-0.15, -0.1) is 0 Å². The standard InChI is InChI=1S/C70H88N4O15/c1-7-12-64-88-60-41-55-54-24-19-50-40-52(75)27-29-68(50,5)65(54)58(77)42-69(55,6)70(60,89-64)59(78)44-87-53-22-20-51(21-23-53)72-67(82)46(4)39-57(76)66(45(2)3)73-62(80)28-31-83-33-35-85-37-38-86-36-34-84-32-30-71-61(79)25-26-63(81)74-43-49-15-9-8-13-47(49)17-18-48-14-10-11-16-56(48)74/h8-11,13-16,20-23,27,29,40,45-46,54-55,58,60,64-66,77H,7,12,19,24-26,28,30-39,41-44H2,1-6H3,(H,71,79)(H,72,82)(H,73,80)/t46-,54+,55+,58+,60-,64-,65-,66+,68+,69+,70-/m1/s1. The topological polar surface area (TPSA) is 244 Å². The molecule has 3 aromatic carbocycles. The fourth-order valence-electron chi connectivity index (χ4n) is 14.4. The fraction of sp³-hybridized carbons (Fsp3) is 0.557. The Bertz CT molecular complexity index is 3170. The van der Waals surface area contributed by atoms with Crippen molar-refractivity contribution < 1.29 is 71.8 Å². The highest BCUT2D eigenvalue weighted by Gasteiger charge is 2.76. The Balaban J connectivity index is 0.611. The lowest BCUT2D eigenvalue weighted by Gasteiger charge is -2.59. The number of carbonyl (C=O) groups excluding carboxylic acids is 7. The molecule has 0 unspecified atom stereocenters. The number of hydrogen-bond donors (Lipinski definition) is 4. The summed E-state index contributed by atoms with van der Waals surface area (Å²) in [6.45, 7) is 14.2. The minimum absolute atomic E-state index is 0.0202. The van der Waals surface area contributed by atoms with Gasteiger partial charge in [-0.1, -0.05) is 102 Å². The monoisotopic (exact) mass is 1220 g/mol. The lowest BCUT2D eigenvalue weighted by molar-refractivity contribution is -0.200. The van der Waals surface area contributed by atoms with Crippen molar-refractivity contribution in [2.45, 2.75) is 142 Å². The molecule has 0 aromatic heterocycles. The second kappa shape index (κ2) is 30.3. The molecular formula is C70H88N4O15. The van der Waals surface area contributed by atoms with E-state index in [9.17, 15) is 38.7 Å². The first-order valence-electron chi connectivity index (χ1n) is 31.8. The van der Waals surface area contributed by atoms with Crippen LogP contribution in [0.25, 0.3) is 0 Å². The summed E-state index contributed by atoms with van der Waals surface area (Å²) in [7, 11) is 0. The zero-order chi connectivity index (χ0) is 63.3. The van der Waals surface area contributed by atoms with Gasteiger partial charge in [-0.05, 0) is 110 Å². The molecule has 11 atom stereocenters. The molecule has 2 heterocycles. The summed E-state index contributed by atoms with van der Waals surface area (Å²) < 4.78 is 41.8. The summed E-state index contributed by atoms with van der Waals surface area (Å²) in [5.41, 5.74) is 2.34. The number of amides is 4. The van der Waals surface area contributed by atoms with Gasteiger partial charge in [0.2, 0.25) is 29.4 Å². The maximum Gasteiger partial charge on any atom is 0.227 e. The zero-order valence-corrected chi connectivity index (χ0v) is 52.3. The first-order chi connectivity index (χ1) is 42.8. The van der Waals surface area contributed by atoms with Gasteiger partial charge in [-0.25, -0.2) is 0 Å². The maximum atomic E-state index is 14.8. The normalized spacial score (nSPS) is 26.0. The Kier molecular flexibility index (Phi) is 22.6. The third kappa shape index (κ3) is 15.5. The Morgan fingerprint density at radius 3 is 2.20 bits per heavy atom. The van der Waals surface area contributed by atoms with Crippen LogP contribution in [-0.4, -0.2) is 142 Å². The highest BCUT2D eigenvalue weighted by molar-refractivity contribution is 6.01. The number of benzene rings is 3. The number of rotatable bonds is 31. The van der Waals surface area contributed by atoms with Gasteiger partial charge in [-0.3, -0.25) is 33.6 Å². The molecule has 3 saturated carbocycles. The zero-order valence-electron chi connectivity index (χ0n) is 52.3. The molecular weight excluding hydrogens is 1140 g/mol. The quantitative estimate of drug-likeness (QED) is 0.0355. The van der Waals surface area contributed by atoms with Crippen molar-refractivity contribution in [2.24, 2.45) is 40.4 Å². The van der Waals surface area contributed by atoms with Gasteiger partial charge in [0.05, 0.1) is 83.3 Å². The molecule has 9 rings (SSSR count). The van der Waals surface area contributed by atoms with E-state index in [-0.39, 0.29) is 123 Å². The highest BCUT2D eigenvalue weighted by Crippen LogP contribution is 2.70. The van der Waals surface area contributed by atoms with Crippen molar-refractivity contribution in [2.75, 3.05) is 76.2 Å². The van der Waals surface area contributed by atoms with E-state index in [0.717, 1.165) is 47.2 Å². The molecule has 19 nitrogen and oxygen atoms in total. The van der Waals surface area contributed by atoms with Crippen molar-refractivity contribution in [3.8, 4) is 17.6 Å². The van der Waals surface area contributed by atoms with Crippen molar-refractivity contribution in [3.63, 3.8) is 0 Å². The molecule has 478 valence electrons. The minimum atomic E-state index is -1.32. The number of aliphatic hydroxyl groups excluding tert-OH is 1. The van der Waals surface area contributed by atoms with Crippen LogP contribution in [0.3, 0.4) is 0 Å². The number of anilines is 2. The van der Waals surface area contributed by atoms with E-state index in [2.05, 4.69) is 41.6 Å². The minimum Gasteiger partial charge on any atom is -0.486 e. The van der Waals surface area contributed by atoms with Crippen LogP contribution in [-0.2, 0) is 68.5 Å². The number of aliphatic hydroxyl groups is 1. The number of fused-ring (bicyclic) bond motifs is 9. The number of para-hydroxylation sites is 1. The average molecular weight is 1230 g/mol. The summed E-state index contributed by atoms with van der Waals surface area (Å²) in [5.74, 6) is 4.24. The number of nitrogens with zero attached hydrogens (tertiary/aromatic N) is 1. The van der Waals surface area contributed by atoms with Gasteiger partial charge in [0.1, 0.15) is 12.4 Å². The van der Waals surface area contributed by atoms with Crippen molar-refractivity contribution in [1.29, 1.82) is 0 Å². The average Bonchev–Trinajstić information content (AvgIpc) is 1.56. The Morgan fingerprint density at radius 1 is 0.809 bits per heavy atom. The lowest BCUT2D eigenvalue weighted by Crippen LogP contribution is -2.63. The summed E-state index contributed by atoms with van der Waals surface area (Å²) in [6.07, 6.45) is 7.54. The van der Waals surface area contributed by atoms with E-state index in [0.29, 0.717) is 70.2 Å². The van der Waals surface area contributed by atoms with E-state index in [1.807, 2.05) is 75.4 Å². The lowest BCUT2D eigenvalue weighted by atomic mass is 9.46. The highest BCUT2D eigenvalue weighted by atomic mass is 16.7. The van der Waals surface area contributed by atoms with Gasteiger partial charge in [0.15, 0.2) is 23.5 Å². The second-order valence-electron chi connectivity index (χ2n) is 25.2. The molecule has 89 heavy (non-hydrogen) atoms. The maximum absolute atomic E-state index is 14.8. The van der Waals surface area contributed by atoms with E-state index in [4.69, 9.17) is 33.2 Å². The van der Waals surface area contributed by atoms with Crippen LogP contribution in [0.5, 0.6) is 5.75 Å². The first kappa shape index (κ1) is 66.5. The number of carbonyl (C=O) groups is 7. The summed E-state index contributed by atoms with van der Waals surface area (Å²) in [6, 6.07) is 21.1. The first-order valence-corrected chi connectivity index (χ1v) is 31.8. The Labute approximate surface area is 522 Å². The summed E-state index contributed by atoms with van der Waals surface area (Å²) >= 11 is 0. The molecule has 3 aromatic rings. The third-order valence-electron chi connectivity index (χ3n) is 18.9. The van der Waals surface area contributed by atoms with E-state index in [1.165, 1.54) is 0 Å². The van der Waals surface area contributed by atoms with Crippen molar-refractivity contribution in [3.05, 3.63) is 113 Å². The molecule has 4 amide bonds. The molecule has 0 spiro atoms. The number of hydrogen-bond acceptors (Lipinski definition) is 15. The molecule has 4 aliphatic carbocycles. The van der Waals surface area contributed by atoms with Crippen LogP contribution in [0.1, 0.15) is 122 Å². The number of nitrogens with one attached hydrogen (secondary N) is 3. The predicted molar refractivity (Wildman–Crippen MR) is 332 cm³/mol. The molecule has 4 fully saturated rings. The second-order valence-corrected chi connectivity index (χ2v) is 25.2. The molecule has 0 radical (unpaired) electrons. The molecule has 4 N–H and O–H groups in total. The number of ether oxygens (including phenoxy) is 7. The van der Waals surface area contributed by atoms with E-state index in [1.54, 1.807) is 48.2 Å². The van der Waals surface area contributed by atoms with Crippen molar-refractivity contribution in [1.82, 2.24) is 10.6 Å². The van der Waals surface area contributed by atoms with Gasteiger partial charge >= 0.3 is 0 Å². The van der Waals surface area contributed by atoms with Gasteiger partial charge < -0.3 is 59.1 Å². The van der Waals surface area contributed by atoms with Crippen LogP contribution in [0.2, 0.25) is 0 Å². The third-order valence-corrected chi connectivity index (χ3v) is 18.9. The largest absolute Gasteiger partial charge is 0.486 e. The van der Waals surface area contributed by atoms with E-state index >= 15 is 0 Å². The number of allylic oxidation sites excluding steroid dienone is 4. The van der Waals surface area contributed by atoms with Crippen LogP contribution < -0.4 is 25.6 Å². The van der Waals surface area contributed by atoms with Gasteiger partial charge in [-0.2, -0.15) is 0 Å². The predicted octanol–water partition coefficient (Wildman–Crippen LogP) is 7.78. The molecule has 0 bridgehead atoms. The molecule has 1 saturated heterocycles. The van der Waals surface area contributed by atoms with Crippen LogP contribution in [0, 0.1) is 52.3 Å².